The predicted molar refractivity (Wildman–Crippen MR) is 48.4 cm³/mol. The van der Waals surface area contributed by atoms with Crippen LogP contribution in [0.15, 0.2) is 18.3 Å². The first-order chi connectivity index (χ1) is 5.38. The summed E-state index contributed by atoms with van der Waals surface area (Å²) in [7, 11) is 0. The van der Waals surface area contributed by atoms with Crippen molar-refractivity contribution in [1.29, 1.82) is 0 Å². The lowest BCUT2D eigenvalue weighted by Crippen LogP contribution is -2.26. The average Bonchev–Trinajstić information content (AvgIpc) is 2.06. The molecule has 1 aromatic heterocycles. The van der Waals surface area contributed by atoms with E-state index in [1.54, 1.807) is 0 Å². The van der Waals surface area contributed by atoms with Crippen LogP contribution in [-0.4, -0.2) is 4.98 Å². The van der Waals surface area contributed by atoms with Gasteiger partial charge in [0.15, 0.2) is 0 Å². The number of hydrogen-bond donors (Lipinski definition) is 0. The number of rotatable bonds is 1. The molecule has 0 aliphatic heterocycles. The van der Waals surface area contributed by atoms with Crippen LogP contribution in [0.3, 0.4) is 0 Å². The smallest absolute Gasteiger partial charge is 0.0656 e. The van der Waals surface area contributed by atoms with Gasteiger partial charge in [0.05, 0.1) is 5.35 Å². The fourth-order valence-electron chi connectivity index (χ4n) is 1.06. The lowest BCUT2D eigenvalue weighted by atomic mass is 10.3. The molecule has 1 aromatic rings. The van der Waals surface area contributed by atoms with Crippen molar-refractivity contribution in [3.63, 3.8) is 0 Å². The van der Waals surface area contributed by atoms with Gasteiger partial charge < -0.3 is 0 Å². The third kappa shape index (κ3) is 1.90. The predicted octanol–water partition coefficient (Wildman–Crippen LogP) is 1.07. The van der Waals surface area contributed by atoms with Crippen molar-refractivity contribution >= 4 is 12.2 Å². The SMILES string of the molecule is CC=c1ncccc1=CCC. The summed E-state index contributed by atoms with van der Waals surface area (Å²) in [6.45, 7) is 4.14. The Morgan fingerprint density at radius 2 is 2.36 bits per heavy atom. The van der Waals surface area contributed by atoms with Crippen molar-refractivity contribution in [2.45, 2.75) is 20.3 Å². The summed E-state index contributed by atoms with van der Waals surface area (Å²) in [6.07, 6.45) is 7.10. The number of hydrogen-bond acceptors (Lipinski definition) is 1. The molecule has 0 aliphatic rings. The summed E-state index contributed by atoms with van der Waals surface area (Å²) in [6, 6.07) is 4.06. The highest BCUT2D eigenvalue weighted by Gasteiger charge is 1.80. The van der Waals surface area contributed by atoms with Gasteiger partial charge in [0.25, 0.3) is 0 Å². The second-order valence-electron chi connectivity index (χ2n) is 2.38. The molecule has 0 saturated heterocycles. The minimum atomic E-state index is 1.06. The number of pyridine rings is 1. The Labute approximate surface area is 67.1 Å². The van der Waals surface area contributed by atoms with Crippen molar-refractivity contribution in [3.05, 3.63) is 28.9 Å². The van der Waals surface area contributed by atoms with E-state index >= 15 is 0 Å². The molecule has 58 valence electrons. The zero-order chi connectivity index (χ0) is 8.10. The molecule has 0 spiro atoms. The van der Waals surface area contributed by atoms with Gasteiger partial charge in [0, 0.05) is 6.20 Å². The van der Waals surface area contributed by atoms with Crippen molar-refractivity contribution in [2.75, 3.05) is 0 Å². The van der Waals surface area contributed by atoms with E-state index in [1.165, 1.54) is 5.22 Å². The van der Waals surface area contributed by atoms with Crippen LogP contribution in [-0.2, 0) is 0 Å². The van der Waals surface area contributed by atoms with Crippen LogP contribution in [0, 0.1) is 0 Å². The molecule has 1 nitrogen and oxygen atoms in total. The van der Waals surface area contributed by atoms with Crippen LogP contribution in [0.4, 0.5) is 0 Å². The maximum atomic E-state index is 4.23. The highest BCUT2D eigenvalue weighted by atomic mass is 14.6. The summed E-state index contributed by atoms with van der Waals surface area (Å²) < 4.78 is 0. The Morgan fingerprint density at radius 3 is 3.00 bits per heavy atom. The van der Waals surface area contributed by atoms with E-state index in [4.69, 9.17) is 0 Å². The molecule has 0 saturated carbocycles. The molecule has 1 heteroatoms. The summed E-state index contributed by atoms with van der Waals surface area (Å²) in [4.78, 5) is 4.23. The summed E-state index contributed by atoms with van der Waals surface area (Å²) >= 11 is 0. The highest BCUT2D eigenvalue weighted by Crippen LogP contribution is 1.74. The molecule has 0 aromatic carbocycles. The van der Waals surface area contributed by atoms with Crippen LogP contribution >= 0.6 is 0 Å². The minimum Gasteiger partial charge on any atom is -0.257 e. The van der Waals surface area contributed by atoms with Crippen LogP contribution in [0.25, 0.3) is 12.2 Å². The van der Waals surface area contributed by atoms with Gasteiger partial charge in [-0.3, -0.25) is 4.98 Å². The minimum absolute atomic E-state index is 1.06. The molecule has 0 bridgehead atoms. The highest BCUT2D eigenvalue weighted by molar-refractivity contribution is 5.26. The summed E-state index contributed by atoms with van der Waals surface area (Å²) in [5, 5.41) is 2.31. The Bertz CT molecular complexity index is 325. The quantitative estimate of drug-likeness (QED) is 0.579. The maximum Gasteiger partial charge on any atom is 0.0656 e. The fourth-order valence-corrected chi connectivity index (χ4v) is 1.06. The second kappa shape index (κ2) is 3.91. The molecular formula is C10H13N. The van der Waals surface area contributed by atoms with E-state index in [0.29, 0.717) is 0 Å². The first-order valence-electron chi connectivity index (χ1n) is 3.96. The van der Waals surface area contributed by atoms with Crippen LogP contribution < -0.4 is 10.6 Å². The molecule has 11 heavy (non-hydrogen) atoms. The summed E-state index contributed by atoms with van der Waals surface area (Å²) in [5.41, 5.74) is 0. The molecule has 1 rings (SSSR count). The van der Waals surface area contributed by atoms with Crippen molar-refractivity contribution in [2.24, 2.45) is 0 Å². The molecule has 0 aliphatic carbocycles. The van der Waals surface area contributed by atoms with E-state index in [2.05, 4.69) is 24.1 Å². The molecule has 0 unspecified atom stereocenters. The van der Waals surface area contributed by atoms with Crippen LogP contribution in [0.5, 0.6) is 0 Å². The fraction of sp³-hybridized carbons (Fsp3) is 0.300. The Hall–Kier alpha value is -1.11. The number of aromatic nitrogens is 1. The van der Waals surface area contributed by atoms with E-state index in [0.717, 1.165) is 11.8 Å². The van der Waals surface area contributed by atoms with Gasteiger partial charge in [-0.05, 0) is 24.6 Å². The monoisotopic (exact) mass is 147 g/mol. The molecule has 0 amide bonds. The number of nitrogens with zero attached hydrogens (tertiary/aromatic N) is 1. The third-order valence-electron chi connectivity index (χ3n) is 1.57. The average molecular weight is 147 g/mol. The lowest BCUT2D eigenvalue weighted by Gasteiger charge is -1.86. The zero-order valence-electron chi connectivity index (χ0n) is 7.04. The van der Waals surface area contributed by atoms with Gasteiger partial charge in [0.1, 0.15) is 0 Å². The van der Waals surface area contributed by atoms with Gasteiger partial charge in [-0.25, -0.2) is 0 Å². The second-order valence-corrected chi connectivity index (χ2v) is 2.38. The molecule has 0 atom stereocenters. The van der Waals surface area contributed by atoms with Gasteiger partial charge in [-0.15, -0.1) is 0 Å². The first kappa shape index (κ1) is 7.99. The normalized spacial score (nSPS) is 14.0. The largest absolute Gasteiger partial charge is 0.257 e. The van der Waals surface area contributed by atoms with E-state index in [1.807, 2.05) is 25.3 Å². The molecule has 0 radical (unpaired) electrons. The van der Waals surface area contributed by atoms with Gasteiger partial charge in [0.2, 0.25) is 0 Å². The topological polar surface area (TPSA) is 12.9 Å². The molecule has 0 fully saturated rings. The maximum absolute atomic E-state index is 4.23. The molecule has 0 N–H and O–H groups in total. The Balaban J connectivity index is 3.37. The van der Waals surface area contributed by atoms with Crippen molar-refractivity contribution in [3.8, 4) is 0 Å². The van der Waals surface area contributed by atoms with Crippen LogP contribution in [0.1, 0.15) is 20.3 Å². The van der Waals surface area contributed by atoms with Gasteiger partial charge >= 0.3 is 0 Å². The first-order valence-corrected chi connectivity index (χ1v) is 3.96. The van der Waals surface area contributed by atoms with Crippen molar-refractivity contribution in [1.82, 2.24) is 4.98 Å². The Kier molecular flexibility index (Phi) is 2.84. The van der Waals surface area contributed by atoms with Crippen LogP contribution in [0.2, 0.25) is 0 Å². The third-order valence-corrected chi connectivity index (χ3v) is 1.57. The van der Waals surface area contributed by atoms with Gasteiger partial charge in [-0.2, -0.15) is 0 Å². The molecule has 1 heterocycles. The van der Waals surface area contributed by atoms with E-state index in [9.17, 15) is 0 Å². The van der Waals surface area contributed by atoms with E-state index < -0.39 is 0 Å². The zero-order valence-corrected chi connectivity index (χ0v) is 7.04. The van der Waals surface area contributed by atoms with Crippen molar-refractivity contribution < 1.29 is 0 Å². The lowest BCUT2D eigenvalue weighted by molar-refractivity contribution is 1.19. The summed E-state index contributed by atoms with van der Waals surface area (Å²) in [5.74, 6) is 0. The van der Waals surface area contributed by atoms with Gasteiger partial charge in [-0.1, -0.05) is 25.1 Å². The molecular weight excluding hydrogens is 134 g/mol. The standard InChI is InChI=1S/C10H13N/c1-3-6-9-7-5-8-11-10(9)4-2/h4-8H,3H2,1-2H3. The van der Waals surface area contributed by atoms with E-state index in [-0.39, 0.29) is 0 Å². The Morgan fingerprint density at radius 1 is 1.55 bits per heavy atom.